The van der Waals surface area contributed by atoms with E-state index in [1.165, 1.54) is 51.4 Å². The SMILES string of the molecule is CCCCCCCCCCCCC(C)(C)C(=O)OCOc1ccc2ccc(OCCCCN3CCN(c4cccc(Cl)c4Cl)CC3)cc2n1. The fourth-order valence-corrected chi connectivity index (χ4v) is 6.74. The van der Waals surface area contributed by atoms with Crippen LogP contribution in [0.25, 0.3) is 10.9 Å². The van der Waals surface area contributed by atoms with Gasteiger partial charge in [-0.3, -0.25) is 9.69 Å². The second kappa shape index (κ2) is 20.8. The van der Waals surface area contributed by atoms with Crippen molar-refractivity contribution in [2.45, 2.75) is 104 Å². The lowest BCUT2D eigenvalue weighted by atomic mass is 9.87. The van der Waals surface area contributed by atoms with Crippen LogP contribution < -0.4 is 14.4 Å². The van der Waals surface area contributed by atoms with Crippen molar-refractivity contribution in [3.8, 4) is 11.6 Å². The number of halogens is 2. The third kappa shape index (κ3) is 13.1. The minimum Gasteiger partial charge on any atom is -0.494 e. The van der Waals surface area contributed by atoms with Crippen molar-refractivity contribution in [2.75, 3.05) is 51.0 Å². The Morgan fingerprint density at radius 3 is 2.24 bits per heavy atom. The average molecular weight is 715 g/mol. The topological polar surface area (TPSA) is 64.1 Å². The Labute approximate surface area is 304 Å². The van der Waals surface area contributed by atoms with Crippen LogP contribution in [0, 0.1) is 5.41 Å². The van der Waals surface area contributed by atoms with Gasteiger partial charge in [-0.1, -0.05) is 100 Å². The van der Waals surface area contributed by atoms with E-state index in [2.05, 4.69) is 21.7 Å². The molecule has 1 saturated heterocycles. The lowest BCUT2D eigenvalue weighted by Crippen LogP contribution is -2.46. The number of aromatic nitrogens is 1. The fourth-order valence-electron chi connectivity index (χ4n) is 6.32. The fraction of sp³-hybridized carbons (Fsp3) is 0.600. The van der Waals surface area contributed by atoms with Gasteiger partial charge in [0.2, 0.25) is 12.7 Å². The largest absolute Gasteiger partial charge is 0.494 e. The second-order valence-corrected chi connectivity index (χ2v) is 14.8. The molecule has 0 unspecified atom stereocenters. The van der Waals surface area contributed by atoms with Gasteiger partial charge in [-0.05, 0) is 70.0 Å². The number of hydrogen-bond acceptors (Lipinski definition) is 7. The van der Waals surface area contributed by atoms with Crippen LogP contribution in [0.5, 0.6) is 11.6 Å². The minimum absolute atomic E-state index is 0.154. The number of benzene rings is 2. The molecule has 1 aliphatic heterocycles. The van der Waals surface area contributed by atoms with Crippen LogP contribution in [-0.4, -0.2) is 62.0 Å². The van der Waals surface area contributed by atoms with E-state index >= 15 is 0 Å². The Morgan fingerprint density at radius 1 is 0.816 bits per heavy atom. The first-order chi connectivity index (χ1) is 23.8. The molecule has 1 fully saturated rings. The normalized spacial score (nSPS) is 13.9. The van der Waals surface area contributed by atoms with Crippen LogP contribution in [0.2, 0.25) is 10.0 Å². The first-order valence-electron chi connectivity index (χ1n) is 18.5. The number of nitrogens with zero attached hydrogens (tertiary/aromatic N) is 3. The van der Waals surface area contributed by atoms with Gasteiger partial charge in [0.05, 0.1) is 33.3 Å². The van der Waals surface area contributed by atoms with Crippen molar-refractivity contribution in [3.63, 3.8) is 0 Å². The van der Waals surface area contributed by atoms with Crippen LogP contribution in [0.1, 0.15) is 104 Å². The molecule has 0 radical (unpaired) electrons. The number of rotatable bonds is 22. The minimum atomic E-state index is -0.534. The molecule has 49 heavy (non-hydrogen) atoms. The Morgan fingerprint density at radius 2 is 1.51 bits per heavy atom. The van der Waals surface area contributed by atoms with Gasteiger partial charge in [-0.2, -0.15) is 0 Å². The summed E-state index contributed by atoms with van der Waals surface area (Å²) in [6, 6.07) is 15.5. The molecular weight excluding hydrogens is 657 g/mol. The number of ether oxygens (including phenoxy) is 3. The number of esters is 1. The van der Waals surface area contributed by atoms with E-state index in [1.54, 1.807) is 6.07 Å². The lowest BCUT2D eigenvalue weighted by molar-refractivity contribution is -0.161. The van der Waals surface area contributed by atoms with E-state index < -0.39 is 5.41 Å². The van der Waals surface area contributed by atoms with E-state index in [0.717, 1.165) is 87.2 Å². The van der Waals surface area contributed by atoms with E-state index in [0.29, 0.717) is 22.5 Å². The van der Waals surface area contributed by atoms with Gasteiger partial charge in [0, 0.05) is 43.7 Å². The molecule has 0 spiro atoms. The van der Waals surface area contributed by atoms with Crippen molar-refractivity contribution >= 4 is 45.8 Å². The van der Waals surface area contributed by atoms with Gasteiger partial charge in [0.25, 0.3) is 0 Å². The monoisotopic (exact) mass is 713 g/mol. The number of anilines is 1. The molecule has 1 aliphatic rings. The first-order valence-corrected chi connectivity index (χ1v) is 19.3. The van der Waals surface area contributed by atoms with Crippen molar-refractivity contribution in [1.29, 1.82) is 0 Å². The summed E-state index contributed by atoms with van der Waals surface area (Å²) in [4.78, 5) is 22.2. The van der Waals surface area contributed by atoms with Gasteiger partial charge >= 0.3 is 5.97 Å². The molecule has 7 nitrogen and oxygen atoms in total. The van der Waals surface area contributed by atoms with Crippen LogP contribution in [0.3, 0.4) is 0 Å². The molecule has 0 amide bonds. The van der Waals surface area contributed by atoms with Gasteiger partial charge in [0.1, 0.15) is 5.75 Å². The van der Waals surface area contributed by atoms with Crippen molar-refractivity contribution in [3.05, 3.63) is 58.6 Å². The number of unbranched alkanes of at least 4 members (excludes halogenated alkanes) is 10. The molecule has 0 saturated carbocycles. The van der Waals surface area contributed by atoms with Crippen LogP contribution in [0.4, 0.5) is 5.69 Å². The zero-order valence-corrected chi connectivity index (χ0v) is 31.5. The quantitative estimate of drug-likeness (QED) is 0.0583. The Kier molecular flexibility index (Phi) is 16.6. The Hall–Kier alpha value is -2.74. The van der Waals surface area contributed by atoms with Crippen LogP contribution in [-0.2, 0) is 9.53 Å². The van der Waals surface area contributed by atoms with Crippen molar-refractivity contribution in [1.82, 2.24) is 9.88 Å². The molecule has 3 aromatic rings. The molecule has 0 bridgehead atoms. The molecule has 4 rings (SSSR count). The van der Waals surface area contributed by atoms with Gasteiger partial charge in [0.15, 0.2) is 0 Å². The van der Waals surface area contributed by atoms with E-state index in [9.17, 15) is 4.79 Å². The van der Waals surface area contributed by atoms with Gasteiger partial charge in [-0.25, -0.2) is 4.98 Å². The summed E-state index contributed by atoms with van der Waals surface area (Å²) in [6.45, 7) is 11.6. The zero-order valence-electron chi connectivity index (χ0n) is 30.0. The number of piperazine rings is 1. The first kappa shape index (κ1) is 39.1. The van der Waals surface area contributed by atoms with Gasteiger partial charge < -0.3 is 19.1 Å². The summed E-state index contributed by atoms with van der Waals surface area (Å²) in [5.41, 5.74) is 1.26. The molecule has 1 aromatic heterocycles. The highest BCUT2D eigenvalue weighted by Crippen LogP contribution is 2.33. The molecule has 2 heterocycles. The van der Waals surface area contributed by atoms with Gasteiger partial charge in [-0.15, -0.1) is 0 Å². The summed E-state index contributed by atoms with van der Waals surface area (Å²) in [5, 5.41) is 2.23. The van der Waals surface area contributed by atoms with E-state index in [-0.39, 0.29) is 12.8 Å². The summed E-state index contributed by atoms with van der Waals surface area (Å²) in [7, 11) is 0. The zero-order chi connectivity index (χ0) is 34.9. The maximum Gasteiger partial charge on any atom is 0.314 e. The molecule has 0 N–H and O–H groups in total. The standard InChI is InChI=1S/C40H57Cl2N3O4/c1-4-5-6-7-8-9-10-11-12-13-23-40(2,3)39(46)49-31-48-37-22-20-32-19-21-33(30-35(32)43-37)47-29-15-14-24-44-25-27-45(28-26-44)36-18-16-17-34(41)38(36)42/h16-22,30H,4-15,23-29,31H2,1-3H3. The molecule has 0 atom stereocenters. The van der Waals surface area contributed by atoms with Crippen molar-refractivity contribution < 1.29 is 19.0 Å². The Balaban J connectivity index is 1.09. The maximum atomic E-state index is 12.8. The molecular formula is C40H57Cl2N3O4. The summed E-state index contributed by atoms with van der Waals surface area (Å²) >= 11 is 12.6. The molecule has 0 aliphatic carbocycles. The predicted molar refractivity (Wildman–Crippen MR) is 203 cm³/mol. The third-order valence-corrected chi connectivity index (χ3v) is 10.3. The summed E-state index contributed by atoms with van der Waals surface area (Å²) < 4.78 is 17.3. The summed E-state index contributed by atoms with van der Waals surface area (Å²) in [6.07, 6.45) is 15.6. The molecule has 9 heteroatoms. The molecule has 2 aromatic carbocycles. The number of carbonyl (C=O) groups excluding carboxylic acids is 1. The predicted octanol–water partition coefficient (Wildman–Crippen LogP) is 10.7. The smallest absolute Gasteiger partial charge is 0.314 e. The molecule has 270 valence electrons. The van der Waals surface area contributed by atoms with E-state index in [4.69, 9.17) is 37.4 Å². The maximum absolute atomic E-state index is 12.8. The lowest BCUT2D eigenvalue weighted by Gasteiger charge is -2.36. The van der Waals surface area contributed by atoms with Crippen molar-refractivity contribution in [2.24, 2.45) is 5.41 Å². The average Bonchev–Trinajstić information content (AvgIpc) is 3.10. The highest BCUT2D eigenvalue weighted by Gasteiger charge is 2.29. The van der Waals surface area contributed by atoms with E-state index in [1.807, 2.05) is 56.3 Å². The highest BCUT2D eigenvalue weighted by molar-refractivity contribution is 6.43. The highest BCUT2D eigenvalue weighted by atomic mass is 35.5. The Bertz CT molecular complexity index is 1430. The third-order valence-electron chi connectivity index (χ3n) is 9.52. The summed E-state index contributed by atoms with van der Waals surface area (Å²) in [5.74, 6) is 0.969. The second-order valence-electron chi connectivity index (χ2n) is 14.0. The van der Waals surface area contributed by atoms with Crippen LogP contribution in [0.15, 0.2) is 48.5 Å². The van der Waals surface area contributed by atoms with Crippen LogP contribution >= 0.6 is 23.2 Å². The number of fused-ring (bicyclic) bond motifs is 1. The number of hydrogen-bond donors (Lipinski definition) is 0. The number of pyridine rings is 1. The number of carbonyl (C=O) groups is 1.